The zero-order valence-electron chi connectivity index (χ0n) is 8.77. The van der Waals surface area contributed by atoms with Crippen LogP contribution in [0.5, 0.6) is 5.88 Å². The number of aromatic nitrogens is 2. The molecule has 0 unspecified atom stereocenters. The van der Waals surface area contributed by atoms with Crippen LogP contribution >= 0.6 is 0 Å². The van der Waals surface area contributed by atoms with Gasteiger partial charge in [0, 0.05) is 0 Å². The number of hydrogen-bond acceptors (Lipinski definition) is 3. The van der Waals surface area contributed by atoms with Gasteiger partial charge in [-0.1, -0.05) is 30.3 Å². The van der Waals surface area contributed by atoms with Crippen molar-refractivity contribution in [2.45, 2.75) is 6.92 Å². The zero-order valence-corrected chi connectivity index (χ0v) is 8.77. The molecule has 3 heteroatoms. The number of ether oxygens (including phenoxy) is 1. The molecule has 0 saturated heterocycles. The fourth-order valence-corrected chi connectivity index (χ4v) is 1.54. The largest absolute Gasteiger partial charge is 0.480 e. The van der Waals surface area contributed by atoms with Crippen molar-refractivity contribution in [1.82, 2.24) is 9.97 Å². The summed E-state index contributed by atoms with van der Waals surface area (Å²) in [5, 5.41) is 0. The van der Waals surface area contributed by atoms with Crippen LogP contribution in [-0.2, 0) is 0 Å². The van der Waals surface area contributed by atoms with Gasteiger partial charge < -0.3 is 4.74 Å². The Labute approximate surface area is 88.8 Å². The summed E-state index contributed by atoms with van der Waals surface area (Å²) in [6.45, 7) is 1.95. The molecule has 2 rings (SSSR count). The summed E-state index contributed by atoms with van der Waals surface area (Å²) < 4.78 is 5.23. The van der Waals surface area contributed by atoms with Crippen molar-refractivity contribution >= 4 is 0 Å². The maximum atomic E-state index is 5.23. The molecule has 0 radical (unpaired) electrons. The number of rotatable bonds is 2. The van der Waals surface area contributed by atoms with Crippen LogP contribution in [0.25, 0.3) is 11.1 Å². The lowest BCUT2D eigenvalue weighted by molar-refractivity contribution is 0.398. The fourth-order valence-electron chi connectivity index (χ4n) is 1.54. The summed E-state index contributed by atoms with van der Waals surface area (Å²) in [6, 6.07) is 10.00. The first kappa shape index (κ1) is 9.65. The molecule has 0 aliphatic rings. The van der Waals surface area contributed by atoms with Crippen molar-refractivity contribution in [2.24, 2.45) is 0 Å². The number of nitrogens with zero attached hydrogens (tertiary/aromatic N) is 2. The molecule has 0 bridgehead atoms. The van der Waals surface area contributed by atoms with E-state index < -0.39 is 0 Å². The molecular weight excluding hydrogens is 188 g/mol. The minimum atomic E-state index is 0.619. The second-order valence-electron chi connectivity index (χ2n) is 3.21. The first-order valence-electron chi connectivity index (χ1n) is 4.74. The van der Waals surface area contributed by atoms with Gasteiger partial charge in [-0.2, -0.15) is 0 Å². The van der Waals surface area contributed by atoms with Crippen LogP contribution < -0.4 is 4.74 Å². The molecule has 2 aromatic rings. The van der Waals surface area contributed by atoms with E-state index in [-0.39, 0.29) is 0 Å². The Morgan fingerprint density at radius 3 is 2.47 bits per heavy atom. The molecule has 0 aliphatic carbocycles. The Morgan fingerprint density at radius 1 is 1.07 bits per heavy atom. The van der Waals surface area contributed by atoms with E-state index in [1.807, 2.05) is 37.3 Å². The van der Waals surface area contributed by atoms with Crippen LogP contribution in [0.2, 0.25) is 0 Å². The standard InChI is InChI=1S/C12H12N2O/c1-9-11(10-6-4-3-5-7-10)12(15-2)14-8-13-9/h3-8H,1-2H3. The number of aryl methyl sites for hydroxylation is 1. The molecule has 0 saturated carbocycles. The minimum absolute atomic E-state index is 0.619. The van der Waals surface area contributed by atoms with Gasteiger partial charge in [-0.25, -0.2) is 9.97 Å². The van der Waals surface area contributed by atoms with Crippen molar-refractivity contribution < 1.29 is 4.74 Å². The lowest BCUT2D eigenvalue weighted by Crippen LogP contribution is -1.96. The summed E-state index contributed by atoms with van der Waals surface area (Å²) in [7, 11) is 1.62. The van der Waals surface area contributed by atoms with E-state index in [4.69, 9.17) is 4.74 Å². The van der Waals surface area contributed by atoms with Gasteiger partial charge in [-0.05, 0) is 12.5 Å². The van der Waals surface area contributed by atoms with Gasteiger partial charge in [0.15, 0.2) is 0 Å². The zero-order chi connectivity index (χ0) is 10.7. The van der Waals surface area contributed by atoms with E-state index in [9.17, 15) is 0 Å². The Balaban J connectivity index is 2.61. The Morgan fingerprint density at radius 2 is 1.80 bits per heavy atom. The number of benzene rings is 1. The molecule has 0 fully saturated rings. The molecule has 0 amide bonds. The van der Waals surface area contributed by atoms with Gasteiger partial charge in [0.2, 0.25) is 5.88 Å². The Kier molecular flexibility index (Phi) is 2.63. The molecule has 76 valence electrons. The van der Waals surface area contributed by atoms with Gasteiger partial charge in [-0.15, -0.1) is 0 Å². The van der Waals surface area contributed by atoms with Crippen molar-refractivity contribution in [3.8, 4) is 17.0 Å². The van der Waals surface area contributed by atoms with Gasteiger partial charge in [0.1, 0.15) is 6.33 Å². The minimum Gasteiger partial charge on any atom is -0.480 e. The molecule has 0 spiro atoms. The number of methoxy groups -OCH3 is 1. The average molecular weight is 200 g/mol. The predicted octanol–water partition coefficient (Wildman–Crippen LogP) is 2.46. The maximum absolute atomic E-state index is 5.23. The highest BCUT2D eigenvalue weighted by molar-refractivity contribution is 5.70. The van der Waals surface area contributed by atoms with Crippen molar-refractivity contribution in [1.29, 1.82) is 0 Å². The Hall–Kier alpha value is -1.90. The summed E-state index contributed by atoms with van der Waals surface area (Å²) in [5.74, 6) is 0.619. The molecule has 0 N–H and O–H groups in total. The molecule has 15 heavy (non-hydrogen) atoms. The van der Waals surface area contributed by atoms with Gasteiger partial charge in [0.05, 0.1) is 18.4 Å². The van der Waals surface area contributed by atoms with E-state index in [0.717, 1.165) is 16.8 Å². The molecule has 0 aliphatic heterocycles. The maximum Gasteiger partial charge on any atom is 0.224 e. The monoisotopic (exact) mass is 200 g/mol. The van der Waals surface area contributed by atoms with Crippen molar-refractivity contribution in [3.63, 3.8) is 0 Å². The molecule has 3 nitrogen and oxygen atoms in total. The van der Waals surface area contributed by atoms with Crippen LogP contribution in [0.4, 0.5) is 0 Å². The van der Waals surface area contributed by atoms with Crippen LogP contribution in [0.1, 0.15) is 5.69 Å². The molecule has 1 aromatic carbocycles. The molecule has 0 atom stereocenters. The SMILES string of the molecule is COc1ncnc(C)c1-c1ccccc1. The van der Waals surface area contributed by atoms with Gasteiger partial charge in [-0.3, -0.25) is 0 Å². The van der Waals surface area contributed by atoms with E-state index in [2.05, 4.69) is 9.97 Å². The first-order valence-corrected chi connectivity index (χ1v) is 4.74. The van der Waals surface area contributed by atoms with Crippen LogP contribution in [0, 0.1) is 6.92 Å². The third kappa shape index (κ3) is 1.81. The van der Waals surface area contributed by atoms with Crippen LogP contribution in [-0.4, -0.2) is 17.1 Å². The predicted molar refractivity (Wildman–Crippen MR) is 58.8 cm³/mol. The van der Waals surface area contributed by atoms with E-state index in [1.54, 1.807) is 7.11 Å². The second-order valence-corrected chi connectivity index (χ2v) is 3.21. The first-order chi connectivity index (χ1) is 7.33. The lowest BCUT2D eigenvalue weighted by atomic mass is 10.1. The van der Waals surface area contributed by atoms with Gasteiger partial charge >= 0.3 is 0 Å². The van der Waals surface area contributed by atoms with Crippen LogP contribution in [0.3, 0.4) is 0 Å². The fraction of sp³-hybridized carbons (Fsp3) is 0.167. The van der Waals surface area contributed by atoms with Crippen LogP contribution in [0.15, 0.2) is 36.7 Å². The van der Waals surface area contributed by atoms with E-state index in [0.29, 0.717) is 5.88 Å². The number of hydrogen-bond donors (Lipinski definition) is 0. The highest BCUT2D eigenvalue weighted by Gasteiger charge is 2.10. The quantitative estimate of drug-likeness (QED) is 0.747. The highest BCUT2D eigenvalue weighted by Crippen LogP contribution is 2.29. The third-order valence-corrected chi connectivity index (χ3v) is 2.26. The highest BCUT2D eigenvalue weighted by atomic mass is 16.5. The topological polar surface area (TPSA) is 35.0 Å². The van der Waals surface area contributed by atoms with Gasteiger partial charge in [0.25, 0.3) is 0 Å². The third-order valence-electron chi connectivity index (χ3n) is 2.26. The normalized spacial score (nSPS) is 10.0. The summed E-state index contributed by atoms with van der Waals surface area (Å²) >= 11 is 0. The smallest absolute Gasteiger partial charge is 0.224 e. The van der Waals surface area contributed by atoms with E-state index in [1.165, 1.54) is 6.33 Å². The van der Waals surface area contributed by atoms with Crippen molar-refractivity contribution in [2.75, 3.05) is 7.11 Å². The Bertz CT molecular complexity index is 454. The molecule has 1 heterocycles. The van der Waals surface area contributed by atoms with Crippen molar-refractivity contribution in [3.05, 3.63) is 42.4 Å². The van der Waals surface area contributed by atoms with E-state index >= 15 is 0 Å². The lowest BCUT2D eigenvalue weighted by Gasteiger charge is -2.08. The summed E-state index contributed by atoms with van der Waals surface area (Å²) in [5.41, 5.74) is 2.96. The molecule has 1 aromatic heterocycles. The summed E-state index contributed by atoms with van der Waals surface area (Å²) in [4.78, 5) is 8.27. The average Bonchev–Trinajstić information content (AvgIpc) is 2.29. The second kappa shape index (κ2) is 4.09. The summed E-state index contributed by atoms with van der Waals surface area (Å²) in [6.07, 6.45) is 1.51. The molecular formula is C12H12N2O.